The van der Waals surface area contributed by atoms with Crippen LogP contribution in [0.4, 0.5) is 13.2 Å². The van der Waals surface area contributed by atoms with E-state index in [1.807, 2.05) is 35.6 Å². The van der Waals surface area contributed by atoms with E-state index >= 15 is 0 Å². The molecule has 1 aromatic carbocycles. The van der Waals surface area contributed by atoms with Gasteiger partial charge >= 0.3 is 6.18 Å². The zero-order chi connectivity index (χ0) is 26.1. The smallest absolute Gasteiger partial charge is 0.350 e. The van der Waals surface area contributed by atoms with Gasteiger partial charge in [0.1, 0.15) is 18.2 Å². The highest BCUT2D eigenvalue weighted by Crippen LogP contribution is 2.36. The highest BCUT2D eigenvalue weighted by atomic mass is 19.4. The third kappa shape index (κ3) is 3.94. The molecule has 6 rings (SSSR count). The van der Waals surface area contributed by atoms with Gasteiger partial charge in [-0.2, -0.15) is 18.3 Å². The van der Waals surface area contributed by atoms with Crippen LogP contribution in [0.2, 0.25) is 0 Å². The predicted molar refractivity (Wildman–Crippen MR) is 129 cm³/mol. The van der Waals surface area contributed by atoms with Crippen LogP contribution < -0.4 is 5.32 Å². The Kier molecular flexibility index (Phi) is 5.15. The predicted octanol–water partition coefficient (Wildman–Crippen LogP) is 3.76. The van der Waals surface area contributed by atoms with Crippen LogP contribution in [0.25, 0.3) is 28.0 Å². The van der Waals surface area contributed by atoms with E-state index in [4.69, 9.17) is 4.98 Å². The number of hydrogen-bond donors (Lipinski definition) is 1. The lowest BCUT2D eigenvalue weighted by Gasteiger charge is -2.26. The van der Waals surface area contributed by atoms with Gasteiger partial charge in [0.05, 0.1) is 11.4 Å². The first-order valence-electron chi connectivity index (χ1n) is 11.9. The highest BCUT2D eigenvalue weighted by Gasteiger charge is 2.46. The molecule has 2 aliphatic heterocycles. The fraction of sp³-hybridized carbons (Fsp3) is 0.308. The summed E-state index contributed by atoms with van der Waals surface area (Å²) in [6.07, 6.45) is -0.558. The molecule has 5 heterocycles. The maximum absolute atomic E-state index is 13.2. The molecule has 2 aliphatic rings. The topological polar surface area (TPSA) is 84.5 Å². The van der Waals surface area contributed by atoms with Crippen LogP contribution in [0.1, 0.15) is 28.2 Å². The summed E-state index contributed by atoms with van der Waals surface area (Å²) in [5, 5.41) is 6.94. The van der Waals surface area contributed by atoms with Crippen molar-refractivity contribution in [1.82, 2.24) is 29.4 Å². The molecule has 1 N–H and O–H groups in total. The summed E-state index contributed by atoms with van der Waals surface area (Å²) in [5.41, 5.74) is 5.03. The number of amides is 2. The molecule has 11 heteroatoms. The molecule has 2 atom stereocenters. The molecule has 0 radical (unpaired) electrons. The van der Waals surface area contributed by atoms with E-state index in [1.54, 1.807) is 30.2 Å². The number of halogens is 3. The first kappa shape index (κ1) is 23.3. The fourth-order valence-corrected chi connectivity index (χ4v) is 5.40. The molecule has 4 aromatic rings. The van der Waals surface area contributed by atoms with Crippen LogP contribution in [0, 0.1) is 13.8 Å². The van der Waals surface area contributed by atoms with E-state index in [0.717, 1.165) is 21.5 Å². The molecule has 2 saturated heterocycles. The summed E-state index contributed by atoms with van der Waals surface area (Å²) in [4.78, 5) is 31.7. The number of carbonyl (C=O) groups is 2. The first-order valence-corrected chi connectivity index (χ1v) is 11.9. The number of nitrogens with one attached hydrogen (secondary N) is 1. The maximum atomic E-state index is 13.2. The van der Waals surface area contributed by atoms with Crippen molar-refractivity contribution in [3.63, 3.8) is 0 Å². The van der Waals surface area contributed by atoms with E-state index in [0.29, 0.717) is 41.1 Å². The van der Waals surface area contributed by atoms with Crippen molar-refractivity contribution >= 4 is 17.5 Å². The van der Waals surface area contributed by atoms with Crippen LogP contribution in [0.3, 0.4) is 0 Å². The first-order chi connectivity index (χ1) is 17.6. The third-order valence-electron chi connectivity index (χ3n) is 7.08. The van der Waals surface area contributed by atoms with Crippen LogP contribution in [-0.4, -0.2) is 60.7 Å². The second-order valence-electron chi connectivity index (χ2n) is 9.59. The van der Waals surface area contributed by atoms with E-state index in [9.17, 15) is 22.8 Å². The molecule has 0 aliphatic carbocycles. The minimum absolute atomic E-state index is 0.00546. The van der Waals surface area contributed by atoms with Gasteiger partial charge in [0.25, 0.3) is 5.91 Å². The number of alkyl halides is 3. The average molecular weight is 509 g/mol. The van der Waals surface area contributed by atoms with Crippen LogP contribution in [0.5, 0.6) is 0 Å². The lowest BCUT2D eigenvalue weighted by Crippen LogP contribution is -2.50. The summed E-state index contributed by atoms with van der Waals surface area (Å²) in [7, 11) is 0. The molecular formula is C26H23F3N6O2. The summed E-state index contributed by atoms with van der Waals surface area (Å²) < 4.78 is 41.6. The van der Waals surface area contributed by atoms with Gasteiger partial charge in [0.15, 0.2) is 0 Å². The summed E-state index contributed by atoms with van der Waals surface area (Å²) in [6, 6.07) is 10.4. The lowest BCUT2D eigenvalue weighted by atomic mass is 9.97. The van der Waals surface area contributed by atoms with E-state index in [-0.39, 0.29) is 17.9 Å². The number of benzene rings is 1. The molecule has 2 amide bonds. The minimum Gasteiger partial charge on any atom is -0.350 e. The summed E-state index contributed by atoms with van der Waals surface area (Å²) in [6.45, 7) is 2.91. The Balaban J connectivity index is 1.38. The minimum atomic E-state index is -4.37. The van der Waals surface area contributed by atoms with Crippen LogP contribution >= 0.6 is 0 Å². The van der Waals surface area contributed by atoms with Gasteiger partial charge in [-0.3, -0.25) is 14.3 Å². The van der Waals surface area contributed by atoms with E-state index in [1.165, 1.54) is 6.20 Å². The van der Waals surface area contributed by atoms with Crippen LogP contribution in [0.15, 0.2) is 48.8 Å². The van der Waals surface area contributed by atoms with E-state index in [2.05, 4.69) is 10.4 Å². The molecule has 0 spiro atoms. The number of rotatable bonds is 4. The molecule has 2 fully saturated rings. The number of fused-ring (bicyclic) bond motifs is 3. The number of aryl methyl sites for hydroxylation is 2. The Hall–Kier alpha value is -4.15. The Labute approximate surface area is 209 Å². The van der Waals surface area contributed by atoms with Crippen molar-refractivity contribution < 1.29 is 22.8 Å². The number of piperazine rings is 1. The third-order valence-corrected chi connectivity index (χ3v) is 7.08. The lowest BCUT2D eigenvalue weighted by molar-refractivity contribution is -0.142. The molecule has 2 bridgehead atoms. The fourth-order valence-electron chi connectivity index (χ4n) is 5.40. The Morgan fingerprint density at radius 2 is 1.89 bits per heavy atom. The maximum Gasteiger partial charge on any atom is 0.408 e. The Morgan fingerprint density at radius 3 is 2.59 bits per heavy atom. The monoisotopic (exact) mass is 508 g/mol. The standard InChI is InChI=1S/C26H23F3N6O2/c1-14-20(12-33(32-14)13-26(27,28)29)18-5-3-4-6-19(18)23-15(2)34-8-7-16(9-22(34)31-23)25(37)35-11-17-10-21(35)24(36)30-17/h3-9,12,17,21H,10-11,13H2,1-2H3,(H,30,36)/t17-,21-/m0/s1. The van der Waals surface area contributed by atoms with Gasteiger partial charge in [-0.1, -0.05) is 24.3 Å². The largest absolute Gasteiger partial charge is 0.408 e. The number of aromatic nitrogens is 4. The molecule has 8 nitrogen and oxygen atoms in total. The Morgan fingerprint density at radius 1 is 1.14 bits per heavy atom. The van der Waals surface area contributed by atoms with Crippen molar-refractivity contribution in [2.45, 2.75) is 45.1 Å². The van der Waals surface area contributed by atoms with E-state index < -0.39 is 18.8 Å². The molecule has 0 unspecified atom stereocenters. The van der Waals surface area contributed by atoms with Crippen molar-refractivity contribution in [1.29, 1.82) is 0 Å². The van der Waals surface area contributed by atoms with Gasteiger partial charge in [0, 0.05) is 47.4 Å². The zero-order valence-electron chi connectivity index (χ0n) is 20.1. The summed E-state index contributed by atoms with van der Waals surface area (Å²) in [5.74, 6) is -0.324. The van der Waals surface area contributed by atoms with Crippen molar-refractivity contribution in [2.24, 2.45) is 0 Å². The summed E-state index contributed by atoms with van der Waals surface area (Å²) >= 11 is 0. The van der Waals surface area contributed by atoms with Gasteiger partial charge in [-0.15, -0.1) is 0 Å². The van der Waals surface area contributed by atoms with Crippen LogP contribution in [-0.2, 0) is 11.3 Å². The molecule has 0 saturated carbocycles. The molecule has 37 heavy (non-hydrogen) atoms. The number of carbonyl (C=O) groups excluding carboxylic acids is 2. The van der Waals surface area contributed by atoms with Crippen molar-refractivity contribution in [2.75, 3.05) is 6.54 Å². The average Bonchev–Trinajstić information content (AvgIpc) is 3.60. The Bertz CT molecular complexity index is 1570. The normalized spacial score (nSPS) is 19.2. The van der Waals surface area contributed by atoms with Gasteiger partial charge in [0.2, 0.25) is 5.91 Å². The van der Waals surface area contributed by atoms with Crippen molar-refractivity contribution in [3.8, 4) is 22.4 Å². The second-order valence-corrected chi connectivity index (χ2v) is 9.59. The molecule has 190 valence electrons. The highest BCUT2D eigenvalue weighted by molar-refractivity contribution is 6.00. The van der Waals surface area contributed by atoms with Gasteiger partial charge < -0.3 is 14.6 Å². The number of nitrogens with zero attached hydrogens (tertiary/aromatic N) is 5. The number of likely N-dealkylation sites (tertiary alicyclic amines) is 1. The zero-order valence-corrected chi connectivity index (χ0v) is 20.1. The number of pyridine rings is 1. The van der Waals surface area contributed by atoms with Gasteiger partial charge in [-0.25, -0.2) is 4.98 Å². The van der Waals surface area contributed by atoms with Crippen molar-refractivity contribution in [3.05, 3.63) is 65.7 Å². The number of hydrogen-bond acceptors (Lipinski definition) is 4. The SMILES string of the molecule is Cc1nn(CC(F)(F)F)cc1-c1ccccc1-c1nc2cc(C(=O)N3C[C@@H]4C[C@H]3C(=O)N4)ccn2c1C. The quantitative estimate of drug-likeness (QED) is 0.455. The number of imidazole rings is 1. The molecular weight excluding hydrogens is 485 g/mol. The molecule has 3 aromatic heterocycles. The van der Waals surface area contributed by atoms with Gasteiger partial charge in [-0.05, 0) is 38.0 Å². The second kappa shape index (κ2) is 8.19.